The number of benzene rings is 6. The predicted octanol–water partition coefficient (Wildman–Crippen LogP) is 10.7. The van der Waals surface area contributed by atoms with Crippen LogP contribution in [-0.2, 0) is 0 Å². The van der Waals surface area contributed by atoms with Crippen molar-refractivity contribution in [2.24, 2.45) is 0 Å². The van der Waals surface area contributed by atoms with Crippen molar-refractivity contribution in [2.75, 3.05) is 0 Å². The number of fused-ring (bicyclic) bond motifs is 4. The van der Waals surface area contributed by atoms with E-state index in [4.69, 9.17) is 9.97 Å². The highest BCUT2D eigenvalue weighted by atomic mass is 32.1. The second-order valence-corrected chi connectivity index (χ2v) is 11.3. The van der Waals surface area contributed by atoms with Crippen molar-refractivity contribution >= 4 is 42.4 Å². The first kappa shape index (κ1) is 23.7. The van der Waals surface area contributed by atoms with Crippen LogP contribution in [-0.4, -0.2) is 9.97 Å². The van der Waals surface area contributed by atoms with E-state index in [1.165, 1.54) is 36.9 Å². The molecule has 8 aromatic rings. The van der Waals surface area contributed by atoms with Gasteiger partial charge < -0.3 is 0 Å². The highest BCUT2D eigenvalue weighted by molar-refractivity contribution is 7.26. The molecular weight excluding hydrogens is 516 g/mol. The summed E-state index contributed by atoms with van der Waals surface area (Å²) in [6.07, 6.45) is 0. The molecule has 0 saturated heterocycles. The van der Waals surface area contributed by atoms with Gasteiger partial charge >= 0.3 is 0 Å². The molecule has 2 heterocycles. The fraction of sp³-hybridized carbons (Fsp3) is 0. The lowest BCUT2D eigenvalue weighted by Crippen LogP contribution is -1.95. The lowest BCUT2D eigenvalue weighted by Gasteiger charge is -2.11. The molecule has 0 radical (unpaired) electrons. The van der Waals surface area contributed by atoms with E-state index in [2.05, 4.69) is 121 Å². The molecule has 0 atom stereocenters. The molecule has 0 unspecified atom stereocenters. The number of thiophene rings is 1. The third-order valence-corrected chi connectivity index (χ3v) is 8.93. The van der Waals surface area contributed by atoms with Crippen LogP contribution in [0.25, 0.3) is 76.0 Å². The maximum Gasteiger partial charge on any atom is 0.160 e. The van der Waals surface area contributed by atoms with Gasteiger partial charge in [-0.3, -0.25) is 0 Å². The maximum absolute atomic E-state index is 5.03. The predicted molar refractivity (Wildman–Crippen MR) is 174 cm³/mol. The molecule has 0 bridgehead atoms. The van der Waals surface area contributed by atoms with Crippen LogP contribution in [0.3, 0.4) is 0 Å². The first-order chi connectivity index (χ1) is 20.3. The van der Waals surface area contributed by atoms with Gasteiger partial charge in [0.25, 0.3) is 0 Å². The van der Waals surface area contributed by atoms with E-state index in [1.807, 2.05) is 35.6 Å². The van der Waals surface area contributed by atoms with Crippen LogP contribution in [0.15, 0.2) is 146 Å². The Balaban J connectivity index is 1.23. The summed E-state index contributed by atoms with van der Waals surface area (Å²) >= 11 is 1.87. The molecule has 0 aliphatic rings. The van der Waals surface area contributed by atoms with E-state index in [1.54, 1.807) is 0 Å². The first-order valence-electron chi connectivity index (χ1n) is 13.8. The third kappa shape index (κ3) is 4.19. The molecule has 0 spiro atoms. The molecule has 0 fully saturated rings. The molecule has 0 amide bonds. The summed E-state index contributed by atoms with van der Waals surface area (Å²) in [5.74, 6) is 0.737. The number of rotatable bonds is 4. The topological polar surface area (TPSA) is 25.8 Å². The number of aromatic nitrogens is 2. The van der Waals surface area contributed by atoms with Crippen LogP contribution < -0.4 is 0 Å². The van der Waals surface area contributed by atoms with Crippen molar-refractivity contribution in [3.05, 3.63) is 146 Å². The molecule has 41 heavy (non-hydrogen) atoms. The fourth-order valence-corrected chi connectivity index (χ4v) is 6.90. The Labute approximate surface area is 242 Å². The van der Waals surface area contributed by atoms with Gasteiger partial charge in [-0.2, -0.15) is 0 Å². The summed E-state index contributed by atoms with van der Waals surface area (Å²) in [5, 5.41) is 3.70. The zero-order chi connectivity index (χ0) is 27.2. The Hall–Kier alpha value is -5.12. The van der Waals surface area contributed by atoms with E-state index in [-0.39, 0.29) is 0 Å². The van der Waals surface area contributed by atoms with Crippen molar-refractivity contribution in [3.63, 3.8) is 0 Å². The lowest BCUT2D eigenvalue weighted by atomic mass is 9.97. The van der Waals surface area contributed by atoms with Gasteiger partial charge in [0.1, 0.15) is 0 Å². The molecular formula is C38H24N2S. The highest BCUT2D eigenvalue weighted by Crippen LogP contribution is 2.40. The first-order valence-corrected chi connectivity index (χ1v) is 14.6. The van der Waals surface area contributed by atoms with E-state index >= 15 is 0 Å². The molecule has 0 aliphatic heterocycles. The van der Waals surface area contributed by atoms with Gasteiger partial charge in [-0.15, -0.1) is 11.3 Å². The summed E-state index contributed by atoms with van der Waals surface area (Å²) in [6, 6.07) is 51.3. The van der Waals surface area contributed by atoms with Crippen LogP contribution in [0, 0.1) is 0 Å². The quantitative estimate of drug-likeness (QED) is 0.222. The Morgan fingerprint density at radius 2 is 1.07 bits per heavy atom. The van der Waals surface area contributed by atoms with Crippen molar-refractivity contribution in [1.29, 1.82) is 0 Å². The third-order valence-electron chi connectivity index (χ3n) is 7.71. The van der Waals surface area contributed by atoms with E-state index in [0.717, 1.165) is 39.1 Å². The van der Waals surface area contributed by atoms with E-state index in [9.17, 15) is 0 Å². The van der Waals surface area contributed by atoms with Gasteiger partial charge in [-0.05, 0) is 40.5 Å². The summed E-state index contributed by atoms with van der Waals surface area (Å²) in [7, 11) is 0. The van der Waals surface area contributed by atoms with Crippen LogP contribution in [0.4, 0.5) is 0 Å². The zero-order valence-electron chi connectivity index (χ0n) is 22.2. The smallest absolute Gasteiger partial charge is 0.160 e. The molecule has 3 heteroatoms. The van der Waals surface area contributed by atoms with Crippen molar-refractivity contribution < 1.29 is 0 Å². The number of nitrogens with zero attached hydrogens (tertiary/aromatic N) is 2. The van der Waals surface area contributed by atoms with Gasteiger partial charge in [0.05, 0.1) is 11.2 Å². The van der Waals surface area contributed by atoms with Crippen molar-refractivity contribution in [2.45, 2.75) is 0 Å². The zero-order valence-corrected chi connectivity index (χ0v) is 23.0. The second-order valence-electron chi connectivity index (χ2n) is 10.2. The Bertz CT molecular complexity index is 2180. The number of hydrogen-bond acceptors (Lipinski definition) is 3. The SMILES string of the molecule is c1ccc(-c2nc(-c3ccccc3)c3ccc(-c4ccc(-c5cccc6c5sc5ccccc56)cc4)cc3n2)cc1. The molecule has 0 saturated carbocycles. The molecule has 2 nitrogen and oxygen atoms in total. The average molecular weight is 541 g/mol. The van der Waals surface area contributed by atoms with Gasteiger partial charge in [-0.1, -0.05) is 127 Å². The van der Waals surface area contributed by atoms with Crippen LogP contribution in [0.1, 0.15) is 0 Å². The second kappa shape index (κ2) is 9.81. The van der Waals surface area contributed by atoms with Gasteiger partial charge in [0, 0.05) is 36.7 Å². The van der Waals surface area contributed by atoms with E-state index < -0.39 is 0 Å². The highest BCUT2D eigenvalue weighted by Gasteiger charge is 2.14. The normalized spacial score (nSPS) is 11.4. The minimum atomic E-state index is 0.737. The largest absolute Gasteiger partial charge is 0.228 e. The minimum Gasteiger partial charge on any atom is -0.228 e. The van der Waals surface area contributed by atoms with Crippen LogP contribution in [0.5, 0.6) is 0 Å². The molecule has 2 aromatic heterocycles. The number of hydrogen-bond donors (Lipinski definition) is 0. The maximum atomic E-state index is 5.03. The van der Waals surface area contributed by atoms with E-state index in [0.29, 0.717) is 0 Å². The average Bonchev–Trinajstić information content (AvgIpc) is 3.44. The molecule has 0 N–H and O–H groups in total. The molecule has 192 valence electrons. The van der Waals surface area contributed by atoms with Crippen LogP contribution >= 0.6 is 11.3 Å². The van der Waals surface area contributed by atoms with Gasteiger partial charge in [-0.25, -0.2) is 9.97 Å². The Kier molecular flexibility index (Phi) is 5.68. The molecule has 6 aromatic carbocycles. The summed E-state index contributed by atoms with van der Waals surface area (Å²) in [4.78, 5) is 10.0. The Morgan fingerprint density at radius 3 is 1.88 bits per heavy atom. The molecule has 8 rings (SSSR count). The monoisotopic (exact) mass is 540 g/mol. The fourth-order valence-electron chi connectivity index (χ4n) is 5.66. The van der Waals surface area contributed by atoms with Crippen molar-refractivity contribution in [3.8, 4) is 44.9 Å². The lowest BCUT2D eigenvalue weighted by molar-refractivity contribution is 1.23. The summed E-state index contributed by atoms with van der Waals surface area (Å²) in [5.41, 5.74) is 8.80. The van der Waals surface area contributed by atoms with Crippen molar-refractivity contribution in [1.82, 2.24) is 9.97 Å². The minimum absolute atomic E-state index is 0.737. The summed E-state index contributed by atoms with van der Waals surface area (Å²) < 4.78 is 2.67. The van der Waals surface area contributed by atoms with Gasteiger partial charge in [0.2, 0.25) is 0 Å². The summed E-state index contributed by atoms with van der Waals surface area (Å²) in [6.45, 7) is 0. The standard InChI is InChI=1S/C38H24N2S/c1-3-10-27(11-4-1)36-33-23-22-29(24-34(33)39-38(40-36)28-12-5-2-6-13-28)25-18-20-26(21-19-25)30-15-9-16-32-31-14-7-8-17-35(31)41-37(30)32/h1-24H. The van der Waals surface area contributed by atoms with Crippen LogP contribution in [0.2, 0.25) is 0 Å². The van der Waals surface area contributed by atoms with Gasteiger partial charge in [0.15, 0.2) is 5.82 Å². The Morgan fingerprint density at radius 1 is 0.415 bits per heavy atom. The molecule has 0 aliphatic carbocycles.